The Hall–Kier alpha value is -2.64. The molecule has 152 valence electrons. The van der Waals surface area contributed by atoms with E-state index >= 15 is 0 Å². The number of carbonyl (C=O) groups is 2. The molecular weight excluding hydrogens is 388 g/mol. The van der Waals surface area contributed by atoms with E-state index in [0.717, 1.165) is 4.88 Å². The van der Waals surface area contributed by atoms with E-state index in [1.165, 1.54) is 16.2 Å². The number of amides is 2. The third-order valence-corrected chi connectivity index (χ3v) is 5.86. The standard InChI is InChI=1S/C22H24N2O4S/c1-4-27-17-9-7-16(8-10-17)24-21(25)19(18-6-5-11-29-18)20(22(24)26)23-12-14(2)28-15(3)13-23/h5-11,14-15H,4,12-13H2,1-3H3. The first-order valence-corrected chi connectivity index (χ1v) is 10.7. The Morgan fingerprint density at radius 2 is 1.76 bits per heavy atom. The lowest BCUT2D eigenvalue weighted by Crippen LogP contribution is -2.47. The van der Waals surface area contributed by atoms with E-state index < -0.39 is 0 Å². The maximum Gasteiger partial charge on any atom is 0.282 e. The Kier molecular flexibility index (Phi) is 5.43. The molecule has 2 unspecified atom stereocenters. The highest BCUT2D eigenvalue weighted by molar-refractivity contribution is 7.11. The van der Waals surface area contributed by atoms with Gasteiger partial charge in [0.25, 0.3) is 11.8 Å². The van der Waals surface area contributed by atoms with E-state index in [1.807, 2.05) is 43.2 Å². The first kappa shape index (κ1) is 19.7. The Balaban J connectivity index is 1.74. The van der Waals surface area contributed by atoms with E-state index in [4.69, 9.17) is 9.47 Å². The molecule has 7 heteroatoms. The van der Waals surface area contributed by atoms with Crippen LogP contribution < -0.4 is 9.64 Å². The molecule has 2 aliphatic heterocycles. The van der Waals surface area contributed by atoms with Crippen LogP contribution in [-0.2, 0) is 14.3 Å². The van der Waals surface area contributed by atoms with Gasteiger partial charge in [0.1, 0.15) is 11.4 Å². The molecular formula is C22H24N2O4S. The summed E-state index contributed by atoms with van der Waals surface area (Å²) in [5, 5.41) is 1.92. The lowest BCUT2D eigenvalue weighted by atomic mass is 10.1. The van der Waals surface area contributed by atoms with Crippen molar-refractivity contribution in [1.29, 1.82) is 0 Å². The van der Waals surface area contributed by atoms with Crippen LogP contribution in [-0.4, -0.2) is 48.6 Å². The molecule has 0 aliphatic carbocycles. The van der Waals surface area contributed by atoms with Crippen molar-refractivity contribution in [2.45, 2.75) is 33.0 Å². The monoisotopic (exact) mass is 412 g/mol. The van der Waals surface area contributed by atoms with Gasteiger partial charge in [-0.3, -0.25) is 9.59 Å². The maximum absolute atomic E-state index is 13.5. The normalized spacial score (nSPS) is 22.6. The quantitative estimate of drug-likeness (QED) is 0.703. The van der Waals surface area contributed by atoms with Gasteiger partial charge in [-0.1, -0.05) is 6.07 Å². The van der Waals surface area contributed by atoms with Crippen molar-refractivity contribution in [1.82, 2.24) is 4.90 Å². The molecule has 1 aromatic carbocycles. The van der Waals surface area contributed by atoms with Crippen LogP contribution >= 0.6 is 11.3 Å². The second-order valence-electron chi connectivity index (χ2n) is 7.24. The molecule has 0 saturated carbocycles. The average Bonchev–Trinajstić information content (AvgIpc) is 3.28. The van der Waals surface area contributed by atoms with Crippen molar-refractivity contribution in [2.24, 2.45) is 0 Å². The van der Waals surface area contributed by atoms with Crippen molar-refractivity contribution in [2.75, 3.05) is 24.6 Å². The van der Waals surface area contributed by atoms with E-state index in [9.17, 15) is 9.59 Å². The number of thiophene rings is 1. The van der Waals surface area contributed by atoms with Crippen molar-refractivity contribution < 1.29 is 19.1 Å². The summed E-state index contributed by atoms with van der Waals surface area (Å²) in [6, 6.07) is 10.8. The molecule has 0 bridgehead atoms. The topological polar surface area (TPSA) is 59.1 Å². The van der Waals surface area contributed by atoms with Gasteiger partial charge in [-0.05, 0) is 56.5 Å². The highest BCUT2D eigenvalue weighted by Gasteiger charge is 2.44. The van der Waals surface area contributed by atoms with E-state index in [-0.39, 0.29) is 24.0 Å². The molecule has 2 aromatic rings. The Bertz CT molecular complexity index is 926. The second-order valence-corrected chi connectivity index (χ2v) is 8.18. The summed E-state index contributed by atoms with van der Waals surface area (Å²) >= 11 is 1.47. The van der Waals surface area contributed by atoms with Crippen LogP contribution in [0.15, 0.2) is 47.5 Å². The fourth-order valence-electron chi connectivity index (χ4n) is 3.91. The van der Waals surface area contributed by atoms with Gasteiger partial charge in [-0.25, -0.2) is 4.90 Å². The van der Waals surface area contributed by atoms with Crippen molar-refractivity contribution in [3.63, 3.8) is 0 Å². The van der Waals surface area contributed by atoms with Crippen molar-refractivity contribution >= 4 is 34.4 Å². The first-order valence-electron chi connectivity index (χ1n) is 9.79. The summed E-state index contributed by atoms with van der Waals surface area (Å²) in [6.07, 6.45) is -0.0310. The minimum absolute atomic E-state index is 0.0155. The summed E-state index contributed by atoms with van der Waals surface area (Å²) < 4.78 is 11.3. The van der Waals surface area contributed by atoms with Crippen molar-refractivity contribution in [3.8, 4) is 5.75 Å². The molecule has 4 rings (SSSR count). The summed E-state index contributed by atoms with van der Waals surface area (Å²) in [6.45, 7) is 7.59. The molecule has 1 saturated heterocycles. The van der Waals surface area contributed by atoms with Crippen LogP contribution in [0.25, 0.3) is 5.57 Å². The van der Waals surface area contributed by atoms with Crippen LogP contribution in [0.4, 0.5) is 5.69 Å². The van der Waals surface area contributed by atoms with Gasteiger partial charge in [0.15, 0.2) is 0 Å². The predicted molar refractivity (Wildman–Crippen MR) is 113 cm³/mol. The average molecular weight is 413 g/mol. The van der Waals surface area contributed by atoms with Crippen LogP contribution in [0.5, 0.6) is 5.75 Å². The number of carbonyl (C=O) groups excluding carboxylic acids is 2. The molecule has 2 atom stereocenters. The molecule has 1 fully saturated rings. The van der Waals surface area contributed by atoms with Gasteiger partial charge in [0.05, 0.1) is 30.1 Å². The smallest absolute Gasteiger partial charge is 0.282 e. The summed E-state index contributed by atoms with van der Waals surface area (Å²) in [4.78, 5) is 31.0. The zero-order chi connectivity index (χ0) is 20.5. The van der Waals surface area contributed by atoms with Crippen LogP contribution in [0.1, 0.15) is 25.6 Å². The van der Waals surface area contributed by atoms with E-state index in [2.05, 4.69) is 0 Å². The van der Waals surface area contributed by atoms with E-state index in [0.29, 0.717) is 42.4 Å². The van der Waals surface area contributed by atoms with Gasteiger partial charge in [-0.15, -0.1) is 11.3 Å². The summed E-state index contributed by atoms with van der Waals surface area (Å²) in [7, 11) is 0. The number of hydrogen-bond donors (Lipinski definition) is 0. The number of anilines is 1. The lowest BCUT2D eigenvalue weighted by Gasteiger charge is -2.37. The largest absolute Gasteiger partial charge is 0.494 e. The SMILES string of the molecule is CCOc1ccc(N2C(=O)C(c3cccs3)=C(N3CC(C)OC(C)C3)C2=O)cc1. The zero-order valence-electron chi connectivity index (χ0n) is 16.8. The van der Waals surface area contributed by atoms with Gasteiger partial charge in [0, 0.05) is 18.0 Å². The molecule has 0 radical (unpaired) electrons. The van der Waals surface area contributed by atoms with Crippen LogP contribution in [0, 0.1) is 0 Å². The molecule has 2 amide bonds. The number of hydrogen-bond acceptors (Lipinski definition) is 6. The summed E-state index contributed by atoms with van der Waals surface area (Å²) in [5.74, 6) is 0.130. The molecule has 0 spiro atoms. The Morgan fingerprint density at radius 3 is 2.34 bits per heavy atom. The number of imide groups is 1. The van der Waals surface area contributed by atoms with Crippen molar-refractivity contribution in [3.05, 3.63) is 52.4 Å². The molecule has 29 heavy (non-hydrogen) atoms. The van der Waals surface area contributed by atoms with Crippen LogP contribution in [0.2, 0.25) is 0 Å². The minimum Gasteiger partial charge on any atom is -0.494 e. The Morgan fingerprint density at radius 1 is 1.07 bits per heavy atom. The molecule has 6 nitrogen and oxygen atoms in total. The van der Waals surface area contributed by atoms with Gasteiger partial charge >= 0.3 is 0 Å². The number of benzene rings is 1. The van der Waals surface area contributed by atoms with Gasteiger partial charge in [-0.2, -0.15) is 0 Å². The highest BCUT2D eigenvalue weighted by Crippen LogP contribution is 2.37. The number of nitrogens with zero attached hydrogens (tertiary/aromatic N) is 2. The van der Waals surface area contributed by atoms with Gasteiger partial charge < -0.3 is 14.4 Å². The lowest BCUT2D eigenvalue weighted by molar-refractivity contribution is -0.121. The first-order chi connectivity index (χ1) is 14.0. The number of morpholine rings is 1. The second kappa shape index (κ2) is 8.00. The third kappa shape index (κ3) is 3.68. The number of rotatable bonds is 5. The van der Waals surface area contributed by atoms with Crippen LogP contribution in [0.3, 0.4) is 0 Å². The van der Waals surface area contributed by atoms with E-state index in [1.54, 1.807) is 24.3 Å². The minimum atomic E-state index is -0.289. The fourth-order valence-corrected chi connectivity index (χ4v) is 4.67. The summed E-state index contributed by atoms with van der Waals surface area (Å²) in [5.41, 5.74) is 1.48. The third-order valence-electron chi connectivity index (χ3n) is 4.97. The molecule has 2 aliphatic rings. The predicted octanol–water partition coefficient (Wildman–Crippen LogP) is 3.54. The fraction of sp³-hybridized carbons (Fsp3) is 0.364. The Labute approximate surface area is 174 Å². The molecule has 0 N–H and O–H groups in total. The highest BCUT2D eigenvalue weighted by atomic mass is 32.1. The zero-order valence-corrected chi connectivity index (χ0v) is 17.6. The molecule has 3 heterocycles. The number of ether oxygens (including phenoxy) is 2. The maximum atomic E-state index is 13.5. The molecule has 1 aromatic heterocycles. The van der Waals surface area contributed by atoms with Gasteiger partial charge in [0.2, 0.25) is 0 Å².